The number of benzene rings is 2. The molecule has 6 nitrogen and oxygen atoms in total. The van der Waals surface area contributed by atoms with E-state index >= 15 is 0 Å². The van der Waals surface area contributed by atoms with Crippen molar-refractivity contribution in [3.05, 3.63) is 65.7 Å². The number of nitrogens with one attached hydrogen (secondary N) is 1. The van der Waals surface area contributed by atoms with Crippen molar-refractivity contribution in [1.29, 1.82) is 0 Å². The van der Waals surface area contributed by atoms with Gasteiger partial charge in [0.05, 0.1) is 11.4 Å². The average molecular weight is 323 g/mol. The lowest BCUT2D eigenvalue weighted by atomic mass is 10.1. The fraction of sp³-hybridized carbons (Fsp3) is 0.167. The molecule has 2 aromatic rings. The summed E-state index contributed by atoms with van der Waals surface area (Å²) in [6, 6.07) is 15.3. The lowest BCUT2D eigenvalue weighted by molar-refractivity contribution is -0.118. The zero-order chi connectivity index (χ0) is 17.1. The van der Waals surface area contributed by atoms with E-state index < -0.39 is 12.1 Å². The van der Waals surface area contributed by atoms with Crippen molar-refractivity contribution in [1.82, 2.24) is 5.32 Å². The number of hydrogen-bond donors (Lipinski definition) is 2. The van der Waals surface area contributed by atoms with Gasteiger partial charge in [-0.05, 0) is 30.2 Å². The van der Waals surface area contributed by atoms with Crippen molar-refractivity contribution in [2.45, 2.75) is 19.4 Å². The van der Waals surface area contributed by atoms with Crippen LogP contribution in [0, 0.1) is 0 Å². The molecule has 1 saturated heterocycles. The molecule has 1 atom stereocenters. The fourth-order valence-corrected chi connectivity index (χ4v) is 2.67. The average Bonchev–Trinajstić information content (AvgIpc) is 2.89. The number of oxime groups is 1. The molecule has 3 rings (SSSR count). The molecule has 0 saturated carbocycles. The van der Waals surface area contributed by atoms with Gasteiger partial charge in [-0.2, -0.15) is 0 Å². The van der Waals surface area contributed by atoms with Crippen LogP contribution in [0.15, 0.2) is 59.8 Å². The highest BCUT2D eigenvalue weighted by Crippen LogP contribution is 2.22. The zero-order valence-electron chi connectivity index (χ0n) is 13.1. The van der Waals surface area contributed by atoms with Gasteiger partial charge in [0.15, 0.2) is 0 Å². The molecule has 2 aromatic carbocycles. The topological polar surface area (TPSA) is 82.0 Å². The standard InChI is InChI=1S/C18H17N3O3/c1-12(20-24)14-7-9-15(10-8-14)21-17(22)16(19-18(21)23)11-13-5-3-2-4-6-13/h2-10,16,24H,11H2,1H3,(H,19,23). The van der Waals surface area contributed by atoms with Crippen molar-refractivity contribution in [3.8, 4) is 0 Å². The summed E-state index contributed by atoms with van der Waals surface area (Å²) in [6.07, 6.45) is 0.455. The third kappa shape index (κ3) is 2.99. The van der Waals surface area contributed by atoms with Crippen molar-refractivity contribution >= 4 is 23.3 Å². The summed E-state index contributed by atoms with van der Waals surface area (Å²) in [5.41, 5.74) is 2.65. The van der Waals surface area contributed by atoms with Gasteiger partial charge in [-0.25, -0.2) is 9.69 Å². The lowest BCUT2D eigenvalue weighted by Gasteiger charge is -2.13. The van der Waals surface area contributed by atoms with Gasteiger partial charge in [0.1, 0.15) is 6.04 Å². The number of nitrogens with zero attached hydrogens (tertiary/aromatic N) is 2. The molecule has 24 heavy (non-hydrogen) atoms. The Hall–Kier alpha value is -3.15. The predicted octanol–water partition coefficient (Wildman–Crippen LogP) is 2.55. The van der Waals surface area contributed by atoms with E-state index in [2.05, 4.69) is 10.5 Å². The third-order valence-electron chi connectivity index (χ3n) is 4.00. The van der Waals surface area contributed by atoms with Crippen LogP contribution in [0.1, 0.15) is 18.1 Å². The van der Waals surface area contributed by atoms with Gasteiger partial charge in [-0.1, -0.05) is 47.6 Å². The van der Waals surface area contributed by atoms with Gasteiger partial charge in [0, 0.05) is 6.42 Å². The van der Waals surface area contributed by atoms with Crippen molar-refractivity contribution in [3.63, 3.8) is 0 Å². The van der Waals surface area contributed by atoms with Gasteiger partial charge >= 0.3 is 6.03 Å². The second-order valence-corrected chi connectivity index (χ2v) is 5.60. The first kappa shape index (κ1) is 15.7. The van der Waals surface area contributed by atoms with Crippen LogP contribution in [0.3, 0.4) is 0 Å². The highest BCUT2D eigenvalue weighted by Gasteiger charge is 2.38. The molecule has 1 aliphatic rings. The van der Waals surface area contributed by atoms with Crippen LogP contribution in [0.4, 0.5) is 10.5 Å². The van der Waals surface area contributed by atoms with Crippen molar-refractivity contribution in [2.75, 3.05) is 4.90 Å². The molecule has 0 radical (unpaired) electrons. The highest BCUT2D eigenvalue weighted by atomic mass is 16.4. The Labute approximate surface area is 139 Å². The van der Waals surface area contributed by atoms with E-state index in [1.165, 1.54) is 0 Å². The Morgan fingerprint density at radius 1 is 1.12 bits per heavy atom. The van der Waals surface area contributed by atoms with E-state index in [1.54, 1.807) is 31.2 Å². The summed E-state index contributed by atoms with van der Waals surface area (Å²) in [5, 5.41) is 14.6. The van der Waals surface area contributed by atoms with Crippen LogP contribution in [0.2, 0.25) is 0 Å². The Kier molecular flexibility index (Phi) is 4.29. The second-order valence-electron chi connectivity index (χ2n) is 5.60. The maximum Gasteiger partial charge on any atom is 0.329 e. The molecule has 0 aliphatic carbocycles. The Bertz CT molecular complexity index is 785. The normalized spacial score (nSPS) is 18.0. The first-order valence-corrected chi connectivity index (χ1v) is 7.57. The number of hydrogen-bond acceptors (Lipinski definition) is 4. The molecule has 0 spiro atoms. The molecule has 1 unspecified atom stereocenters. The van der Waals surface area contributed by atoms with Crippen LogP contribution in [-0.4, -0.2) is 28.9 Å². The van der Waals surface area contributed by atoms with Gasteiger partial charge in [-0.15, -0.1) is 0 Å². The summed E-state index contributed by atoms with van der Waals surface area (Å²) >= 11 is 0. The first-order valence-electron chi connectivity index (χ1n) is 7.57. The minimum Gasteiger partial charge on any atom is -0.411 e. The molecule has 6 heteroatoms. The minimum atomic E-state index is -0.569. The van der Waals surface area contributed by atoms with E-state index in [4.69, 9.17) is 5.21 Å². The third-order valence-corrected chi connectivity index (χ3v) is 4.00. The Morgan fingerprint density at radius 3 is 2.42 bits per heavy atom. The maximum atomic E-state index is 12.6. The van der Waals surface area contributed by atoms with Crippen LogP contribution in [-0.2, 0) is 11.2 Å². The van der Waals surface area contributed by atoms with Crippen LogP contribution in [0.25, 0.3) is 0 Å². The smallest absolute Gasteiger partial charge is 0.329 e. The summed E-state index contributed by atoms with van der Waals surface area (Å²) in [7, 11) is 0. The van der Waals surface area contributed by atoms with E-state index in [9.17, 15) is 9.59 Å². The molecule has 0 bridgehead atoms. The molecule has 1 aliphatic heterocycles. The predicted molar refractivity (Wildman–Crippen MR) is 90.4 cm³/mol. The largest absolute Gasteiger partial charge is 0.411 e. The molecular formula is C18H17N3O3. The SMILES string of the molecule is CC(=NO)c1ccc(N2C(=O)NC(Cc3ccccc3)C2=O)cc1. The highest BCUT2D eigenvalue weighted by molar-refractivity contribution is 6.21. The summed E-state index contributed by atoms with van der Waals surface area (Å²) in [5.74, 6) is -0.274. The summed E-state index contributed by atoms with van der Waals surface area (Å²) < 4.78 is 0. The lowest BCUT2D eigenvalue weighted by Crippen LogP contribution is -2.32. The van der Waals surface area contributed by atoms with Crippen molar-refractivity contribution < 1.29 is 14.8 Å². The van der Waals surface area contributed by atoms with Crippen molar-refractivity contribution in [2.24, 2.45) is 5.16 Å². The van der Waals surface area contributed by atoms with Gasteiger partial charge < -0.3 is 10.5 Å². The maximum absolute atomic E-state index is 12.6. The Morgan fingerprint density at radius 2 is 1.79 bits per heavy atom. The number of carbonyl (C=O) groups excluding carboxylic acids is 2. The molecule has 2 N–H and O–H groups in total. The number of amides is 3. The number of urea groups is 1. The number of imide groups is 1. The Balaban J connectivity index is 1.79. The quantitative estimate of drug-likeness (QED) is 0.393. The van der Waals surface area contributed by atoms with Crippen LogP contribution >= 0.6 is 0 Å². The number of carbonyl (C=O) groups is 2. The zero-order valence-corrected chi connectivity index (χ0v) is 13.1. The fourth-order valence-electron chi connectivity index (χ4n) is 2.67. The number of rotatable bonds is 4. The van der Waals surface area contributed by atoms with Crippen LogP contribution < -0.4 is 10.2 Å². The molecule has 1 fully saturated rings. The summed E-state index contributed by atoms with van der Waals surface area (Å²) in [6.45, 7) is 1.67. The second kappa shape index (κ2) is 6.54. The van der Waals surface area contributed by atoms with Crippen LogP contribution in [0.5, 0.6) is 0 Å². The van der Waals surface area contributed by atoms with Gasteiger partial charge in [0.25, 0.3) is 5.91 Å². The monoisotopic (exact) mass is 323 g/mol. The van der Waals surface area contributed by atoms with Gasteiger partial charge in [0.2, 0.25) is 0 Å². The molecule has 1 heterocycles. The molecular weight excluding hydrogens is 306 g/mol. The van der Waals surface area contributed by atoms with Gasteiger partial charge in [-0.3, -0.25) is 4.79 Å². The molecule has 122 valence electrons. The van der Waals surface area contributed by atoms with E-state index in [0.29, 0.717) is 23.4 Å². The minimum absolute atomic E-state index is 0.274. The molecule has 3 amide bonds. The molecule has 0 aromatic heterocycles. The van der Waals surface area contributed by atoms with E-state index in [1.807, 2.05) is 30.3 Å². The first-order chi connectivity index (χ1) is 11.6. The number of anilines is 1. The van der Waals surface area contributed by atoms with E-state index in [0.717, 1.165) is 10.5 Å². The summed E-state index contributed by atoms with van der Waals surface area (Å²) in [4.78, 5) is 25.9. The van der Waals surface area contributed by atoms with E-state index in [-0.39, 0.29) is 5.91 Å².